The van der Waals surface area contributed by atoms with Crippen molar-refractivity contribution < 1.29 is 9.90 Å². The molecule has 0 spiro atoms. The van der Waals surface area contributed by atoms with Gasteiger partial charge < -0.3 is 10.0 Å². The largest absolute Gasteiger partial charge is 0.395 e. The Bertz CT molecular complexity index is 996. The zero-order valence-corrected chi connectivity index (χ0v) is 14.8. The van der Waals surface area contributed by atoms with E-state index in [2.05, 4.69) is 5.10 Å². The van der Waals surface area contributed by atoms with Crippen LogP contribution < -0.4 is 5.43 Å². The van der Waals surface area contributed by atoms with Crippen molar-refractivity contribution in [1.29, 1.82) is 0 Å². The number of fused-ring (bicyclic) bond motifs is 1. The highest BCUT2D eigenvalue weighted by Crippen LogP contribution is 2.13. The molecule has 2 aromatic carbocycles. The topological polar surface area (TPSA) is 75.4 Å². The van der Waals surface area contributed by atoms with E-state index in [0.717, 1.165) is 11.1 Å². The van der Waals surface area contributed by atoms with Gasteiger partial charge in [0, 0.05) is 20.1 Å². The van der Waals surface area contributed by atoms with E-state index >= 15 is 0 Å². The highest BCUT2D eigenvalue weighted by molar-refractivity contribution is 5.95. The first-order valence-electron chi connectivity index (χ1n) is 8.43. The van der Waals surface area contributed by atoms with Gasteiger partial charge in [0.05, 0.1) is 17.5 Å². The van der Waals surface area contributed by atoms with Gasteiger partial charge in [-0.05, 0) is 24.6 Å². The lowest BCUT2D eigenvalue weighted by atomic mass is 10.1. The average Bonchev–Trinajstić information content (AvgIpc) is 2.64. The van der Waals surface area contributed by atoms with Crippen LogP contribution in [-0.4, -0.2) is 38.8 Å². The van der Waals surface area contributed by atoms with Gasteiger partial charge in [0.2, 0.25) is 5.43 Å². The molecular weight excluding hydrogens is 330 g/mol. The van der Waals surface area contributed by atoms with Crippen LogP contribution in [0.15, 0.2) is 53.3 Å². The molecule has 0 fully saturated rings. The zero-order chi connectivity index (χ0) is 18.7. The van der Waals surface area contributed by atoms with Crippen LogP contribution in [0.4, 0.5) is 0 Å². The predicted octanol–water partition coefficient (Wildman–Crippen LogP) is 1.88. The number of carbonyl (C=O) groups is 1. The van der Waals surface area contributed by atoms with Gasteiger partial charge in [-0.3, -0.25) is 14.3 Å². The average molecular weight is 351 g/mol. The van der Waals surface area contributed by atoms with Crippen LogP contribution in [0.3, 0.4) is 0 Å². The molecule has 6 heteroatoms. The lowest BCUT2D eigenvalue weighted by molar-refractivity contribution is 0.0698. The first-order valence-corrected chi connectivity index (χ1v) is 8.43. The molecule has 3 rings (SSSR count). The molecule has 1 heterocycles. The number of aromatic nitrogens is 2. The number of nitrogens with zero attached hydrogens (tertiary/aromatic N) is 3. The molecule has 0 atom stereocenters. The quantitative estimate of drug-likeness (QED) is 0.761. The summed E-state index contributed by atoms with van der Waals surface area (Å²) in [6.45, 7) is 2.14. The van der Waals surface area contributed by atoms with Gasteiger partial charge in [0.25, 0.3) is 5.91 Å². The fraction of sp³-hybridized carbons (Fsp3) is 0.250. The number of amides is 1. The minimum atomic E-state index is -0.480. The number of aliphatic hydroxyl groups excluding tert-OH is 1. The second-order valence-electron chi connectivity index (χ2n) is 6.26. The van der Waals surface area contributed by atoms with Crippen LogP contribution in [0.5, 0.6) is 0 Å². The summed E-state index contributed by atoms with van der Waals surface area (Å²) in [6, 6.07) is 14.9. The summed E-state index contributed by atoms with van der Waals surface area (Å²) >= 11 is 0. The van der Waals surface area contributed by atoms with Crippen LogP contribution in [0, 0.1) is 6.92 Å². The smallest absolute Gasteiger partial charge is 0.278 e. The molecule has 0 radical (unpaired) electrons. The van der Waals surface area contributed by atoms with E-state index in [4.69, 9.17) is 0 Å². The van der Waals surface area contributed by atoms with Crippen molar-refractivity contribution in [2.45, 2.75) is 13.5 Å². The van der Waals surface area contributed by atoms with Crippen molar-refractivity contribution in [3.63, 3.8) is 0 Å². The lowest BCUT2D eigenvalue weighted by Crippen LogP contribution is -2.37. The molecule has 0 aliphatic carbocycles. The number of aliphatic hydroxyl groups is 1. The SMILES string of the molecule is Cc1ccc2c(c1)c(=O)c(C(=O)N(CCO)Cc1ccccc1)nn2C. The molecular formula is C20H21N3O3. The molecule has 1 N–H and O–H groups in total. The van der Waals surface area contributed by atoms with Gasteiger partial charge in [0.1, 0.15) is 0 Å². The minimum absolute atomic E-state index is 0.129. The zero-order valence-electron chi connectivity index (χ0n) is 14.8. The first kappa shape index (κ1) is 17.8. The maximum absolute atomic E-state index is 13.0. The van der Waals surface area contributed by atoms with Crippen molar-refractivity contribution in [1.82, 2.24) is 14.7 Å². The highest BCUT2D eigenvalue weighted by Gasteiger charge is 2.22. The summed E-state index contributed by atoms with van der Waals surface area (Å²) in [4.78, 5) is 27.3. The van der Waals surface area contributed by atoms with Gasteiger partial charge in [-0.25, -0.2) is 0 Å². The highest BCUT2D eigenvalue weighted by atomic mass is 16.3. The van der Waals surface area contributed by atoms with Gasteiger partial charge in [-0.2, -0.15) is 5.10 Å². The van der Waals surface area contributed by atoms with E-state index in [1.165, 1.54) is 4.90 Å². The van der Waals surface area contributed by atoms with Crippen molar-refractivity contribution >= 4 is 16.8 Å². The Hall–Kier alpha value is -2.99. The lowest BCUT2D eigenvalue weighted by Gasteiger charge is -2.21. The number of rotatable bonds is 5. The number of benzene rings is 2. The maximum Gasteiger partial charge on any atom is 0.278 e. The standard InChI is InChI=1S/C20H21N3O3/c1-14-8-9-17-16(12-14)19(25)18(21-22(17)2)20(26)23(10-11-24)13-15-6-4-3-5-7-15/h3-9,12,24H,10-11,13H2,1-2H3. The third kappa shape index (κ3) is 3.50. The number of carbonyl (C=O) groups excluding carboxylic acids is 1. The molecule has 1 amide bonds. The van der Waals surface area contributed by atoms with Crippen molar-refractivity contribution in [3.05, 3.63) is 75.6 Å². The molecule has 0 saturated carbocycles. The molecule has 6 nitrogen and oxygen atoms in total. The second kappa shape index (κ2) is 7.49. The molecule has 134 valence electrons. The monoisotopic (exact) mass is 351 g/mol. The summed E-state index contributed by atoms with van der Waals surface area (Å²) in [6.07, 6.45) is 0. The molecule has 0 bridgehead atoms. The van der Waals surface area contributed by atoms with Crippen LogP contribution in [0.25, 0.3) is 10.9 Å². The van der Waals surface area contributed by atoms with Gasteiger partial charge >= 0.3 is 0 Å². The van der Waals surface area contributed by atoms with Crippen molar-refractivity contribution in [2.75, 3.05) is 13.2 Å². The number of aryl methyl sites for hydroxylation is 2. The van der Waals surface area contributed by atoms with Crippen LogP contribution in [-0.2, 0) is 13.6 Å². The Labute approximate surface area is 151 Å². The Balaban J connectivity index is 2.04. The van der Waals surface area contributed by atoms with Crippen LogP contribution >= 0.6 is 0 Å². The third-order valence-electron chi connectivity index (χ3n) is 4.29. The Kier molecular flexibility index (Phi) is 5.14. The molecule has 0 aliphatic heterocycles. The Morgan fingerprint density at radius 1 is 1.19 bits per heavy atom. The molecule has 26 heavy (non-hydrogen) atoms. The second-order valence-corrected chi connectivity index (χ2v) is 6.26. The summed E-state index contributed by atoms with van der Waals surface area (Å²) in [5, 5.41) is 14.0. The summed E-state index contributed by atoms with van der Waals surface area (Å²) in [5.74, 6) is -0.480. The summed E-state index contributed by atoms with van der Waals surface area (Å²) in [5.41, 5.74) is 2.02. The fourth-order valence-corrected chi connectivity index (χ4v) is 2.96. The van der Waals surface area contributed by atoms with E-state index in [1.54, 1.807) is 17.8 Å². The minimum Gasteiger partial charge on any atom is -0.395 e. The molecule has 0 unspecified atom stereocenters. The van der Waals surface area contributed by atoms with E-state index in [-0.39, 0.29) is 24.3 Å². The molecule has 0 saturated heterocycles. The first-order chi connectivity index (χ1) is 12.5. The van der Waals surface area contributed by atoms with E-state index in [9.17, 15) is 14.7 Å². The summed E-state index contributed by atoms with van der Waals surface area (Å²) < 4.78 is 1.54. The number of hydrogen-bond acceptors (Lipinski definition) is 4. The van der Waals surface area contributed by atoms with Crippen LogP contribution in [0.2, 0.25) is 0 Å². The Morgan fingerprint density at radius 2 is 1.92 bits per heavy atom. The van der Waals surface area contributed by atoms with Crippen molar-refractivity contribution in [2.24, 2.45) is 7.05 Å². The van der Waals surface area contributed by atoms with Crippen LogP contribution in [0.1, 0.15) is 21.6 Å². The summed E-state index contributed by atoms with van der Waals surface area (Å²) in [7, 11) is 1.71. The van der Waals surface area contributed by atoms with E-state index < -0.39 is 5.91 Å². The number of hydrogen-bond donors (Lipinski definition) is 1. The predicted molar refractivity (Wildman–Crippen MR) is 100.0 cm³/mol. The molecule has 1 aromatic heterocycles. The van der Waals surface area contributed by atoms with Crippen molar-refractivity contribution in [3.8, 4) is 0 Å². The van der Waals surface area contributed by atoms with Gasteiger partial charge in [0.15, 0.2) is 5.69 Å². The van der Waals surface area contributed by atoms with E-state index in [1.807, 2.05) is 49.4 Å². The third-order valence-corrected chi connectivity index (χ3v) is 4.29. The molecule has 0 aliphatic rings. The maximum atomic E-state index is 13.0. The fourth-order valence-electron chi connectivity index (χ4n) is 2.96. The molecule has 3 aromatic rings. The van der Waals surface area contributed by atoms with Gasteiger partial charge in [-0.1, -0.05) is 42.0 Å². The Morgan fingerprint density at radius 3 is 2.62 bits per heavy atom. The van der Waals surface area contributed by atoms with E-state index in [0.29, 0.717) is 17.4 Å². The van der Waals surface area contributed by atoms with Gasteiger partial charge in [-0.15, -0.1) is 0 Å². The normalized spacial score (nSPS) is 10.9.